The van der Waals surface area contributed by atoms with E-state index in [-0.39, 0.29) is 0 Å². The summed E-state index contributed by atoms with van der Waals surface area (Å²) in [5, 5.41) is 3.49. The normalized spacial score (nSPS) is 15.8. The molecule has 0 heterocycles. The van der Waals surface area contributed by atoms with Crippen LogP contribution in [0.5, 0.6) is 0 Å². The van der Waals surface area contributed by atoms with Crippen molar-refractivity contribution in [1.29, 1.82) is 0 Å². The number of rotatable bonds is 9. The van der Waals surface area contributed by atoms with Gasteiger partial charge >= 0.3 is 0 Å². The van der Waals surface area contributed by atoms with Gasteiger partial charge in [0.25, 0.3) is 0 Å². The first-order valence-electron chi connectivity index (χ1n) is 6.93. The van der Waals surface area contributed by atoms with Gasteiger partial charge in [0.2, 0.25) is 0 Å². The van der Waals surface area contributed by atoms with Crippen molar-refractivity contribution in [3.05, 3.63) is 0 Å². The number of hydrogen-bond donors (Lipinski definition) is 1. The first-order chi connectivity index (χ1) is 7.52. The average Bonchev–Trinajstić information content (AvgIpc) is 2.28. The van der Waals surface area contributed by atoms with E-state index in [1.807, 2.05) is 0 Å². The van der Waals surface area contributed by atoms with Crippen molar-refractivity contribution in [2.45, 2.75) is 59.9 Å². The van der Waals surface area contributed by atoms with Crippen molar-refractivity contribution < 1.29 is 0 Å². The van der Waals surface area contributed by atoms with Gasteiger partial charge in [-0.25, -0.2) is 0 Å². The molecule has 0 saturated heterocycles. The third kappa shape index (κ3) is 5.31. The Bertz CT molecular complexity index is 166. The van der Waals surface area contributed by atoms with Crippen LogP contribution in [0, 0.1) is 5.41 Å². The highest BCUT2D eigenvalue weighted by molar-refractivity contribution is 4.80. The molecule has 0 amide bonds. The van der Waals surface area contributed by atoms with Crippen LogP contribution >= 0.6 is 0 Å². The standard InChI is InChI=1S/C14H32N2/c1-7-13(8-2)16(6)12-14(5,9-3)11-15-10-4/h13,15H,7-12H2,1-6H3. The molecule has 0 fully saturated rings. The topological polar surface area (TPSA) is 15.3 Å². The molecule has 2 nitrogen and oxygen atoms in total. The van der Waals surface area contributed by atoms with Crippen LogP contribution in [0.2, 0.25) is 0 Å². The summed E-state index contributed by atoms with van der Waals surface area (Å²) in [7, 11) is 2.28. The van der Waals surface area contributed by atoms with E-state index in [2.05, 4.69) is 51.9 Å². The Morgan fingerprint density at radius 3 is 2.06 bits per heavy atom. The van der Waals surface area contributed by atoms with Crippen LogP contribution < -0.4 is 5.32 Å². The summed E-state index contributed by atoms with van der Waals surface area (Å²) >= 11 is 0. The minimum atomic E-state index is 0.410. The molecule has 1 N–H and O–H groups in total. The molecule has 1 unspecified atom stereocenters. The molecule has 98 valence electrons. The SMILES string of the molecule is CCNCC(C)(CC)CN(C)C(CC)CC. The van der Waals surface area contributed by atoms with Crippen LogP contribution in [-0.2, 0) is 0 Å². The highest BCUT2D eigenvalue weighted by atomic mass is 15.1. The van der Waals surface area contributed by atoms with Gasteiger partial charge in [0.1, 0.15) is 0 Å². The van der Waals surface area contributed by atoms with Gasteiger partial charge in [-0.15, -0.1) is 0 Å². The zero-order valence-corrected chi connectivity index (χ0v) is 12.3. The Balaban J connectivity index is 4.27. The summed E-state index contributed by atoms with van der Waals surface area (Å²) in [5.41, 5.74) is 0.410. The summed E-state index contributed by atoms with van der Waals surface area (Å²) < 4.78 is 0. The Kier molecular flexibility index (Phi) is 8.04. The molecule has 0 rings (SSSR count). The molecule has 0 spiro atoms. The zero-order chi connectivity index (χ0) is 12.6. The van der Waals surface area contributed by atoms with Crippen LogP contribution in [0.4, 0.5) is 0 Å². The first kappa shape index (κ1) is 15.9. The Labute approximate surface area is 103 Å². The fourth-order valence-corrected chi connectivity index (χ4v) is 2.36. The summed E-state index contributed by atoms with van der Waals surface area (Å²) in [6.45, 7) is 14.9. The van der Waals surface area contributed by atoms with E-state index in [4.69, 9.17) is 0 Å². The van der Waals surface area contributed by atoms with Crippen molar-refractivity contribution >= 4 is 0 Å². The number of hydrogen-bond acceptors (Lipinski definition) is 2. The maximum Gasteiger partial charge on any atom is 0.00872 e. The molecule has 16 heavy (non-hydrogen) atoms. The van der Waals surface area contributed by atoms with E-state index in [9.17, 15) is 0 Å². The molecule has 0 bridgehead atoms. The maximum absolute atomic E-state index is 3.49. The monoisotopic (exact) mass is 228 g/mol. The van der Waals surface area contributed by atoms with Crippen molar-refractivity contribution in [2.75, 3.05) is 26.7 Å². The molecule has 1 atom stereocenters. The third-order valence-electron chi connectivity index (χ3n) is 3.85. The molecular formula is C14H32N2. The third-order valence-corrected chi connectivity index (χ3v) is 3.85. The maximum atomic E-state index is 3.49. The lowest BCUT2D eigenvalue weighted by Crippen LogP contribution is -2.44. The second-order valence-electron chi connectivity index (χ2n) is 5.33. The Hall–Kier alpha value is -0.0800. The predicted octanol–water partition coefficient (Wildman–Crippen LogP) is 3.13. The van der Waals surface area contributed by atoms with Crippen LogP contribution in [0.15, 0.2) is 0 Å². The lowest BCUT2D eigenvalue weighted by atomic mass is 9.86. The average molecular weight is 228 g/mol. The van der Waals surface area contributed by atoms with E-state index in [1.54, 1.807) is 0 Å². The predicted molar refractivity (Wildman–Crippen MR) is 73.9 cm³/mol. The van der Waals surface area contributed by atoms with Crippen molar-refractivity contribution in [3.63, 3.8) is 0 Å². The van der Waals surface area contributed by atoms with Crippen LogP contribution in [0.1, 0.15) is 53.9 Å². The van der Waals surface area contributed by atoms with E-state index >= 15 is 0 Å². The molecule has 0 aromatic carbocycles. The van der Waals surface area contributed by atoms with E-state index in [1.165, 1.54) is 25.8 Å². The van der Waals surface area contributed by atoms with Crippen molar-refractivity contribution in [3.8, 4) is 0 Å². The molecule has 0 aromatic rings. The van der Waals surface area contributed by atoms with E-state index in [0.717, 1.165) is 19.1 Å². The second kappa shape index (κ2) is 8.08. The summed E-state index contributed by atoms with van der Waals surface area (Å²) in [6, 6.07) is 0.743. The number of nitrogens with zero attached hydrogens (tertiary/aromatic N) is 1. The molecule has 0 aliphatic heterocycles. The van der Waals surface area contributed by atoms with Gasteiger partial charge in [0.15, 0.2) is 0 Å². The highest BCUT2D eigenvalue weighted by Crippen LogP contribution is 2.23. The van der Waals surface area contributed by atoms with E-state index < -0.39 is 0 Å². The largest absolute Gasteiger partial charge is 0.316 e. The van der Waals surface area contributed by atoms with Gasteiger partial charge in [0, 0.05) is 19.1 Å². The van der Waals surface area contributed by atoms with Crippen molar-refractivity contribution in [2.24, 2.45) is 5.41 Å². The minimum absolute atomic E-state index is 0.410. The van der Waals surface area contributed by atoms with Gasteiger partial charge in [-0.05, 0) is 38.3 Å². The van der Waals surface area contributed by atoms with Gasteiger partial charge < -0.3 is 10.2 Å². The summed E-state index contributed by atoms with van der Waals surface area (Å²) in [4.78, 5) is 2.54. The smallest absolute Gasteiger partial charge is 0.00872 e. The number of nitrogens with one attached hydrogen (secondary N) is 1. The zero-order valence-electron chi connectivity index (χ0n) is 12.3. The quantitative estimate of drug-likeness (QED) is 0.652. The highest BCUT2D eigenvalue weighted by Gasteiger charge is 2.25. The Morgan fingerprint density at radius 1 is 1.12 bits per heavy atom. The molecule has 0 radical (unpaired) electrons. The summed E-state index contributed by atoms with van der Waals surface area (Å²) in [5.74, 6) is 0. The fraction of sp³-hybridized carbons (Fsp3) is 1.00. The van der Waals surface area contributed by atoms with Gasteiger partial charge in [0.05, 0.1) is 0 Å². The van der Waals surface area contributed by atoms with E-state index in [0.29, 0.717) is 5.41 Å². The lowest BCUT2D eigenvalue weighted by Gasteiger charge is -2.36. The van der Waals surface area contributed by atoms with Gasteiger partial charge in [-0.3, -0.25) is 0 Å². The molecule has 2 heteroatoms. The molecule has 0 aliphatic carbocycles. The molecule has 0 aromatic heterocycles. The fourth-order valence-electron chi connectivity index (χ4n) is 2.36. The first-order valence-corrected chi connectivity index (χ1v) is 6.93. The van der Waals surface area contributed by atoms with Crippen LogP contribution in [0.3, 0.4) is 0 Å². The van der Waals surface area contributed by atoms with Crippen molar-refractivity contribution in [1.82, 2.24) is 10.2 Å². The van der Waals surface area contributed by atoms with Gasteiger partial charge in [-0.1, -0.05) is 34.6 Å². The lowest BCUT2D eigenvalue weighted by molar-refractivity contribution is 0.135. The molecular weight excluding hydrogens is 196 g/mol. The Morgan fingerprint density at radius 2 is 1.69 bits per heavy atom. The summed E-state index contributed by atoms with van der Waals surface area (Å²) in [6.07, 6.45) is 3.76. The second-order valence-corrected chi connectivity index (χ2v) is 5.33. The minimum Gasteiger partial charge on any atom is -0.316 e. The van der Waals surface area contributed by atoms with Crippen LogP contribution in [-0.4, -0.2) is 37.6 Å². The molecule has 0 aliphatic rings. The van der Waals surface area contributed by atoms with Crippen LogP contribution in [0.25, 0.3) is 0 Å². The molecule has 0 saturated carbocycles. The van der Waals surface area contributed by atoms with Gasteiger partial charge in [-0.2, -0.15) is 0 Å².